The van der Waals surface area contributed by atoms with E-state index in [1.54, 1.807) is 46.1 Å². The summed E-state index contributed by atoms with van der Waals surface area (Å²) in [4.78, 5) is 24.8. The zero-order chi connectivity index (χ0) is 28.5. The van der Waals surface area contributed by atoms with E-state index in [-0.39, 0.29) is 84.2 Å². The number of hydrogen-bond donors (Lipinski definition) is 1. The molecule has 0 fully saturated rings. The van der Waals surface area contributed by atoms with Gasteiger partial charge >= 0.3 is 104 Å². The van der Waals surface area contributed by atoms with Gasteiger partial charge in [0.1, 0.15) is 23.0 Å². The Morgan fingerprint density at radius 2 is 1.26 bits per heavy atom. The molecule has 0 heterocycles. The number of halogens is 3. The van der Waals surface area contributed by atoms with Gasteiger partial charge in [-0.2, -0.15) is 14.1 Å². The molecule has 0 aliphatic rings. The number of benzene rings is 2. The van der Waals surface area contributed by atoms with Gasteiger partial charge in [0, 0.05) is 33.9 Å². The smallest absolute Gasteiger partial charge is 0 e. The summed E-state index contributed by atoms with van der Waals surface area (Å²) in [5.41, 5.74) is 3.13. The molecule has 0 aliphatic heterocycles. The first kappa shape index (κ1) is 54.5. The monoisotopic (exact) mass is 1570 g/mol. The van der Waals surface area contributed by atoms with Gasteiger partial charge in [0.2, 0.25) is 0 Å². The van der Waals surface area contributed by atoms with Crippen molar-refractivity contribution in [2.75, 3.05) is 27.6 Å². The molecular weight excluding hydrogens is 1530 g/mol. The molecule has 19 heteroatoms. The summed E-state index contributed by atoms with van der Waals surface area (Å²) in [7, 11) is 3.33. The van der Waals surface area contributed by atoms with Crippen molar-refractivity contribution < 1.29 is 98.3 Å². The Balaban J connectivity index is -0.000000129. The van der Waals surface area contributed by atoms with Crippen LogP contribution in [0, 0.1) is 51.8 Å². The fourth-order valence-corrected chi connectivity index (χ4v) is 2.45. The molecule has 0 unspecified atom stereocenters. The minimum atomic E-state index is -1.11. The summed E-state index contributed by atoms with van der Waals surface area (Å²) in [6.07, 6.45) is 0. The van der Waals surface area contributed by atoms with Crippen molar-refractivity contribution in [3.8, 4) is 23.0 Å². The number of carbonyl (C=O) groups is 1. The Morgan fingerprint density at radius 1 is 0.905 bits per heavy atom. The minimum Gasteiger partial charge on any atom is 0 e. The van der Waals surface area contributed by atoms with Crippen LogP contribution in [-0.2, 0) is 73.9 Å². The van der Waals surface area contributed by atoms with Crippen molar-refractivity contribution in [1.29, 1.82) is 0 Å². The van der Waals surface area contributed by atoms with E-state index in [4.69, 9.17) is 14.2 Å². The quantitative estimate of drug-likeness (QED) is 0.0495. The predicted octanol–water partition coefficient (Wildman–Crippen LogP) is 7.36. The van der Waals surface area contributed by atoms with Crippen molar-refractivity contribution in [3.05, 3.63) is 81.3 Å². The first-order valence-corrected chi connectivity index (χ1v) is 23.8. The molecule has 0 atom stereocenters. The standard InChI is InChI=1S/C12H14N2O6.C10H14NO2.CH3.3HI.Re.Rf.2Ru.V/c1-8-5-11(20-12(15)6-19-14(16)17)9(2)4-10(8)18-7-13-3;1-7-5-10(13-6-11-3)8(2)4-9(7)12;;;;;;;;;/h4-6H,7H2,1-3H3;4-5,12H,6H2,1-3H3;1H3;3*1H;;;;;/q-2;2*-1;;;;;;2*+1;+3/p-3. The molecule has 1 N–H and O–H groups in total. The molecule has 0 saturated carbocycles. The Morgan fingerprint density at radius 3 is 1.67 bits per heavy atom. The number of phenols is 1. The van der Waals surface area contributed by atoms with E-state index >= 15 is 0 Å². The molecule has 2 rings (SSSR count). The number of carbonyl (C=O) groups excluding carboxylic acids is 1. The minimum absolute atomic E-state index is 0. The predicted molar refractivity (Wildman–Crippen MR) is 170 cm³/mol. The molecule has 3 radical (unpaired) electrons. The van der Waals surface area contributed by atoms with Gasteiger partial charge in [-0.25, -0.2) is 0 Å². The second kappa shape index (κ2) is 31.0. The van der Waals surface area contributed by atoms with Crippen molar-refractivity contribution in [1.82, 2.24) is 0 Å². The van der Waals surface area contributed by atoms with Gasteiger partial charge < -0.3 is 42.2 Å². The zero-order valence-corrected chi connectivity index (χ0v) is 44.3. The number of ether oxygens (including phenoxy) is 3. The van der Waals surface area contributed by atoms with Gasteiger partial charge in [-0.1, -0.05) is 0 Å². The molecule has 2 aromatic carbocycles. The number of esters is 1. The number of hydrogen-bond acceptors (Lipinski definition) is 8. The third kappa shape index (κ3) is 25.3. The van der Waals surface area contributed by atoms with Gasteiger partial charge in [0.05, 0.1) is 0 Å². The normalized spacial score (nSPS) is 8.62. The van der Waals surface area contributed by atoms with E-state index < -0.39 is 11.1 Å². The Labute approximate surface area is 319 Å². The molecule has 42 heavy (non-hydrogen) atoms. The van der Waals surface area contributed by atoms with Gasteiger partial charge in [-0.05, 0) is 74.2 Å². The van der Waals surface area contributed by atoms with Gasteiger partial charge in [0.25, 0.3) is 5.09 Å². The van der Waals surface area contributed by atoms with E-state index in [0.29, 0.717) is 30.4 Å². The van der Waals surface area contributed by atoms with Crippen molar-refractivity contribution in [3.63, 3.8) is 0 Å². The average molecular weight is 1560 g/mol. The molecule has 0 spiro atoms. The molecule has 11 nitrogen and oxygen atoms in total. The summed E-state index contributed by atoms with van der Waals surface area (Å²) < 4.78 is 15.7. The van der Waals surface area contributed by atoms with Crippen LogP contribution < -0.4 is 14.2 Å². The first-order chi connectivity index (χ1) is 17.3. The number of nitrogens with zero attached hydrogens (tertiary/aromatic N) is 3. The fraction of sp³-hybridized carbons (Fsp3) is 0.348. The van der Waals surface area contributed by atoms with E-state index in [0.717, 1.165) is 22.4 Å². The van der Waals surface area contributed by atoms with Crippen LogP contribution in [0.25, 0.3) is 10.6 Å². The Kier molecular flexibility index (Phi) is 40.2. The van der Waals surface area contributed by atoms with Crippen molar-refractivity contribution in [2.45, 2.75) is 27.7 Å². The van der Waals surface area contributed by atoms with Crippen LogP contribution in [0.5, 0.6) is 23.0 Å². The first-order valence-electron chi connectivity index (χ1n) is 10.2. The Bertz CT molecular complexity index is 1040. The molecule has 0 aliphatic carbocycles. The molecule has 0 bridgehead atoms. The van der Waals surface area contributed by atoms with Crippen LogP contribution in [-0.4, -0.2) is 43.7 Å². The maximum atomic E-state index is 11.3. The van der Waals surface area contributed by atoms with E-state index in [2.05, 4.69) is 75.4 Å². The average Bonchev–Trinajstić information content (AvgIpc) is 2.80. The second-order valence-corrected chi connectivity index (χ2v) is 42.4. The number of aromatic hydroxyl groups is 1. The maximum Gasteiger partial charge on any atom is 1.00 e. The van der Waals surface area contributed by atoms with Gasteiger partial charge in [0.15, 0.2) is 5.97 Å². The van der Waals surface area contributed by atoms with E-state index in [1.807, 2.05) is 19.9 Å². The SMILES string of the molecule is C[N-]COc1cc(C)c(O)cc1C.C[N-]COc1cc(C)c(OC(=O)[CH-]O[N+](=O)[O-])cc1C.[CH3-].[I][V]([I])[I].[Re].[Rf].[Ru+].[Ru+]. The summed E-state index contributed by atoms with van der Waals surface area (Å²) in [5, 5.41) is 25.9. The maximum absolute atomic E-state index is 11.3. The summed E-state index contributed by atoms with van der Waals surface area (Å²) >= 11 is 7.39. The molecule has 2 aromatic rings. The number of phenolic OH excluding ortho intramolecular Hbond substituents is 1. The summed E-state index contributed by atoms with van der Waals surface area (Å²) in [6.45, 7) is 8.18. The molecule has 0 saturated heterocycles. The van der Waals surface area contributed by atoms with Crippen molar-refractivity contribution in [2.24, 2.45) is 0 Å². The summed E-state index contributed by atoms with van der Waals surface area (Å²) in [6, 6.07) is 6.80. The van der Waals surface area contributed by atoms with Crippen LogP contribution in [0.1, 0.15) is 22.3 Å². The molecule has 239 valence electrons. The van der Waals surface area contributed by atoms with Crippen molar-refractivity contribution >= 4 is 65.9 Å². The topological polar surface area (TPSA) is 146 Å². The second-order valence-electron chi connectivity index (χ2n) is 7.03. The van der Waals surface area contributed by atoms with Crippen LogP contribution >= 0.6 is 59.9 Å². The largest absolute Gasteiger partial charge is 1.00 e. The fourth-order valence-electron chi connectivity index (χ4n) is 2.45. The Hall–Kier alpha value is -0.0165. The number of rotatable bonds is 10. The van der Waals surface area contributed by atoms with Crippen LogP contribution in [0.2, 0.25) is 0 Å². The van der Waals surface area contributed by atoms with Crippen LogP contribution in [0.15, 0.2) is 24.3 Å². The third-order valence-corrected chi connectivity index (χ3v) is 4.11. The van der Waals surface area contributed by atoms with E-state index in [1.165, 1.54) is 0 Å². The van der Waals surface area contributed by atoms with Crippen LogP contribution in [0.3, 0.4) is 0 Å². The van der Waals surface area contributed by atoms with Gasteiger partial charge in [-0.15, -0.1) is 16.7 Å². The molecular formula is C23H31I3N3O8ReRfRu2V-2. The zero-order valence-electron chi connectivity index (χ0n) is 23.8. The molecule has 0 amide bonds. The van der Waals surface area contributed by atoms with E-state index in [9.17, 15) is 20.0 Å². The third-order valence-electron chi connectivity index (χ3n) is 4.11. The summed E-state index contributed by atoms with van der Waals surface area (Å²) in [5.74, 6) is 1.01. The van der Waals surface area contributed by atoms with Crippen LogP contribution in [0.4, 0.5) is 0 Å². The number of aryl methyl sites for hydroxylation is 4. The van der Waals surface area contributed by atoms with Gasteiger partial charge in [-0.3, -0.25) is 4.79 Å². The molecule has 0 aromatic heterocycles.